The number of fused-ring (bicyclic) bond motifs is 1. The first-order chi connectivity index (χ1) is 13.5. The minimum Gasteiger partial charge on any atom is -0.456 e. The highest BCUT2D eigenvalue weighted by molar-refractivity contribution is 7.87. The van der Waals surface area contributed by atoms with Crippen molar-refractivity contribution in [2.24, 2.45) is 17.8 Å². The molecule has 0 aromatic rings. The molecule has 1 heterocycles. The Morgan fingerprint density at radius 1 is 1.30 bits per heavy atom. The van der Waals surface area contributed by atoms with Crippen LogP contribution in [-0.4, -0.2) is 68.8 Å². The van der Waals surface area contributed by atoms with Crippen molar-refractivity contribution >= 4 is 32.2 Å². The molecule has 0 aromatic heterocycles. The zero-order chi connectivity index (χ0) is 22.8. The third kappa shape index (κ3) is 4.07. The van der Waals surface area contributed by atoms with Gasteiger partial charge in [-0.2, -0.15) is 30.0 Å². The lowest BCUT2D eigenvalue weighted by molar-refractivity contribution is -0.219. The Balaban J connectivity index is 1.89. The van der Waals surface area contributed by atoms with Crippen LogP contribution < -0.4 is 0 Å². The van der Waals surface area contributed by atoms with Gasteiger partial charge in [-0.3, -0.25) is 13.5 Å². The number of ether oxygens (including phenoxy) is 2. The van der Waals surface area contributed by atoms with Crippen LogP contribution in [0.15, 0.2) is 12.2 Å². The molecule has 30 heavy (non-hydrogen) atoms. The summed E-state index contributed by atoms with van der Waals surface area (Å²) in [6, 6.07) is 0. The van der Waals surface area contributed by atoms with Crippen LogP contribution >= 0.6 is 0 Å². The number of halogens is 3. The van der Waals surface area contributed by atoms with Crippen molar-refractivity contribution in [3.8, 4) is 0 Å². The van der Waals surface area contributed by atoms with Crippen LogP contribution in [-0.2, 0) is 43.5 Å². The Bertz CT molecular complexity index is 987. The molecule has 2 saturated carbocycles. The topological polar surface area (TPSA) is 150 Å². The molecule has 0 spiro atoms. The first kappa shape index (κ1) is 23.0. The Kier molecular flexibility index (Phi) is 5.49. The Hall–Kier alpha value is -1.71. The van der Waals surface area contributed by atoms with Crippen LogP contribution in [0.3, 0.4) is 0 Å². The van der Waals surface area contributed by atoms with Gasteiger partial charge >= 0.3 is 18.1 Å². The second-order valence-electron chi connectivity index (χ2n) is 7.47. The van der Waals surface area contributed by atoms with Gasteiger partial charge in [0.05, 0.1) is 5.92 Å². The van der Waals surface area contributed by atoms with E-state index in [4.69, 9.17) is 13.5 Å². The summed E-state index contributed by atoms with van der Waals surface area (Å²) in [5.41, 5.74) is -0.0282. The van der Waals surface area contributed by atoms with E-state index in [1.54, 1.807) is 0 Å². The van der Waals surface area contributed by atoms with Gasteiger partial charge in [-0.25, -0.2) is 4.79 Å². The lowest BCUT2D eigenvalue weighted by Gasteiger charge is -2.31. The van der Waals surface area contributed by atoms with Gasteiger partial charge < -0.3 is 9.47 Å². The first-order valence-electron chi connectivity index (χ1n) is 8.54. The molecule has 1 N–H and O–H groups in total. The van der Waals surface area contributed by atoms with E-state index in [0.29, 0.717) is 0 Å². The third-order valence-corrected chi connectivity index (χ3v) is 7.90. The summed E-state index contributed by atoms with van der Waals surface area (Å²) in [5.74, 6) is -7.99. The van der Waals surface area contributed by atoms with E-state index >= 15 is 0 Å². The van der Waals surface area contributed by atoms with Gasteiger partial charge in [0.15, 0.2) is 0 Å². The highest BCUT2D eigenvalue weighted by Gasteiger charge is 2.72. The fourth-order valence-corrected chi connectivity index (χ4v) is 6.98. The summed E-state index contributed by atoms with van der Waals surface area (Å²) >= 11 is 0. The fourth-order valence-electron chi connectivity index (χ4n) is 4.28. The standard InChI is InChI=1S/C15H17F3O10S2/c1-5(2)13(19)27-10-6-3-7-11(10)28-30(24,25)12(7)9(6)14(20)26-8(15(16,17)18)4-29(21,22)23/h6-12H,1,3-4H2,2H3,(H,21,22,23). The number of hydrogen-bond acceptors (Lipinski definition) is 9. The van der Waals surface area contributed by atoms with Crippen LogP contribution in [0, 0.1) is 17.8 Å². The molecule has 3 aliphatic rings. The molecule has 15 heteroatoms. The van der Waals surface area contributed by atoms with E-state index in [-0.39, 0.29) is 12.0 Å². The largest absolute Gasteiger partial charge is 0.456 e. The van der Waals surface area contributed by atoms with E-state index in [1.807, 2.05) is 0 Å². The van der Waals surface area contributed by atoms with Crippen molar-refractivity contribution < 1.29 is 57.8 Å². The lowest BCUT2D eigenvalue weighted by atomic mass is 9.84. The maximum atomic E-state index is 13.1. The molecule has 1 saturated heterocycles. The van der Waals surface area contributed by atoms with Gasteiger partial charge in [0.1, 0.15) is 23.2 Å². The van der Waals surface area contributed by atoms with Crippen molar-refractivity contribution in [1.29, 1.82) is 0 Å². The molecule has 7 unspecified atom stereocenters. The van der Waals surface area contributed by atoms with E-state index in [1.165, 1.54) is 6.92 Å². The molecule has 1 aliphatic heterocycles. The lowest BCUT2D eigenvalue weighted by Crippen LogP contribution is -2.48. The first-order valence-corrected chi connectivity index (χ1v) is 11.6. The molecule has 7 atom stereocenters. The summed E-state index contributed by atoms with van der Waals surface area (Å²) in [6.07, 6.45) is -10.9. The highest BCUT2D eigenvalue weighted by atomic mass is 32.2. The van der Waals surface area contributed by atoms with Gasteiger partial charge in [-0.05, 0) is 13.3 Å². The average molecular weight is 478 g/mol. The Morgan fingerprint density at radius 3 is 2.40 bits per heavy atom. The molecule has 3 rings (SSSR count). The van der Waals surface area contributed by atoms with E-state index < -0.39 is 85.4 Å². The zero-order valence-electron chi connectivity index (χ0n) is 15.2. The molecule has 170 valence electrons. The van der Waals surface area contributed by atoms with Crippen molar-refractivity contribution in [2.45, 2.75) is 43.1 Å². The van der Waals surface area contributed by atoms with Gasteiger partial charge in [0.2, 0.25) is 6.10 Å². The molecule has 0 radical (unpaired) electrons. The van der Waals surface area contributed by atoms with Crippen LogP contribution in [0.2, 0.25) is 0 Å². The molecular weight excluding hydrogens is 461 g/mol. The van der Waals surface area contributed by atoms with Gasteiger partial charge in [-0.1, -0.05) is 6.58 Å². The molecule has 0 aromatic carbocycles. The number of hydrogen-bond donors (Lipinski definition) is 1. The number of alkyl halides is 3. The number of carbonyl (C=O) groups excluding carboxylic acids is 2. The van der Waals surface area contributed by atoms with Gasteiger partial charge in [0.25, 0.3) is 20.2 Å². The summed E-state index contributed by atoms with van der Waals surface area (Å²) in [7, 11) is -9.56. The molecule has 0 amide bonds. The molecule has 2 aliphatic carbocycles. The summed E-state index contributed by atoms with van der Waals surface area (Å²) in [6.45, 7) is 4.69. The molecule has 10 nitrogen and oxygen atoms in total. The third-order valence-electron chi connectivity index (χ3n) is 5.38. The van der Waals surface area contributed by atoms with E-state index in [0.717, 1.165) is 0 Å². The summed E-state index contributed by atoms with van der Waals surface area (Å²) < 4.78 is 109. The fraction of sp³-hybridized carbons (Fsp3) is 0.733. The second kappa shape index (κ2) is 7.17. The highest BCUT2D eigenvalue weighted by Crippen LogP contribution is 2.59. The predicted octanol–water partition coefficient (Wildman–Crippen LogP) is 0.199. The minimum atomic E-state index is -5.34. The number of rotatable bonds is 6. The monoisotopic (exact) mass is 478 g/mol. The Morgan fingerprint density at radius 2 is 1.90 bits per heavy atom. The summed E-state index contributed by atoms with van der Waals surface area (Å²) in [4.78, 5) is 24.4. The Labute approximate surface area is 169 Å². The number of carbonyl (C=O) groups is 2. The SMILES string of the molecule is C=C(C)C(=O)OC1C2CC3C1OS(=O)(=O)C3C2C(=O)OC(CS(=O)(=O)O)C(F)(F)F. The predicted molar refractivity (Wildman–Crippen MR) is 89.7 cm³/mol. The maximum absolute atomic E-state index is 13.1. The maximum Gasteiger partial charge on any atom is 0.426 e. The van der Waals surface area contributed by atoms with Crippen molar-refractivity contribution in [3.05, 3.63) is 12.2 Å². The van der Waals surface area contributed by atoms with Crippen LogP contribution in [0.4, 0.5) is 13.2 Å². The zero-order valence-corrected chi connectivity index (χ0v) is 16.9. The van der Waals surface area contributed by atoms with Crippen LogP contribution in [0.25, 0.3) is 0 Å². The normalized spacial score (nSPS) is 35.1. The van der Waals surface area contributed by atoms with Crippen molar-refractivity contribution in [3.63, 3.8) is 0 Å². The second-order valence-corrected chi connectivity index (χ2v) is 10.7. The minimum absolute atomic E-state index is 0.0114. The van der Waals surface area contributed by atoms with Gasteiger partial charge in [0, 0.05) is 17.4 Å². The van der Waals surface area contributed by atoms with Crippen LogP contribution in [0.1, 0.15) is 13.3 Å². The average Bonchev–Trinajstić information content (AvgIpc) is 3.14. The quantitative estimate of drug-likeness (QED) is 0.243. The van der Waals surface area contributed by atoms with Crippen LogP contribution in [0.5, 0.6) is 0 Å². The smallest absolute Gasteiger partial charge is 0.426 e. The van der Waals surface area contributed by atoms with Crippen molar-refractivity contribution in [1.82, 2.24) is 0 Å². The van der Waals surface area contributed by atoms with E-state index in [2.05, 4.69) is 11.3 Å². The number of esters is 2. The summed E-state index contributed by atoms with van der Waals surface area (Å²) in [5, 5.41) is -1.51. The molecular formula is C15H17F3O10S2. The molecule has 3 fully saturated rings. The van der Waals surface area contributed by atoms with Crippen molar-refractivity contribution in [2.75, 3.05) is 5.75 Å². The van der Waals surface area contributed by atoms with Gasteiger partial charge in [-0.15, -0.1) is 0 Å². The van der Waals surface area contributed by atoms with E-state index in [9.17, 15) is 39.6 Å². The molecule has 2 bridgehead atoms.